The van der Waals surface area contributed by atoms with Crippen molar-refractivity contribution in [1.82, 2.24) is 9.78 Å². The van der Waals surface area contributed by atoms with E-state index in [4.69, 9.17) is 4.74 Å². The maximum absolute atomic E-state index is 10.9. The van der Waals surface area contributed by atoms with Crippen molar-refractivity contribution in [3.05, 3.63) is 59.7 Å². The molecular formula is C18H14N2Na2O5. The molecular weight excluding hydrogens is 370 g/mol. The number of aliphatic carboxylic acids is 2. The van der Waals surface area contributed by atoms with Gasteiger partial charge in [-0.1, -0.05) is 42.0 Å². The van der Waals surface area contributed by atoms with Gasteiger partial charge in [-0.05, 0) is 24.6 Å². The van der Waals surface area contributed by atoms with E-state index in [2.05, 4.69) is 5.10 Å². The van der Waals surface area contributed by atoms with Crippen molar-refractivity contribution in [2.75, 3.05) is 0 Å². The molecule has 2 aromatic carbocycles. The number of carbonyl (C=O) groups is 2. The van der Waals surface area contributed by atoms with E-state index in [1.807, 2.05) is 31.2 Å². The van der Waals surface area contributed by atoms with Crippen LogP contribution in [0.3, 0.4) is 0 Å². The van der Waals surface area contributed by atoms with Crippen molar-refractivity contribution in [2.24, 2.45) is 0 Å². The number of hydrogen-bond acceptors (Lipinski definition) is 6. The Bertz CT molecular complexity index is 927. The molecule has 27 heavy (non-hydrogen) atoms. The van der Waals surface area contributed by atoms with Crippen LogP contribution in [0.15, 0.2) is 48.5 Å². The zero-order chi connectivity index (χ0) is 18.0. The van der Waals surface area contributed by atoms with E-state index < -0.39 is 18.0 Å². The fourth-order valence-corrected chi connectivity index (χ4v) is 2.48. The third-order valence-corrected chi connectivity index (χ3v) is 3.73. The van der Waals surface area contributed by atoms with Crippen molar-refractivity contribution in [3.63, 3.8) is 0 Å². The molecule has 0 aliphatic carbocycles. The molecule has 3 rings (SSSR count). The van der Waals surface area contributed by atoms with E-state index in [-0.39, 0.29) is 65.0 Å². The van der Waals surface area contributed by atoms with Crippen molar-refractivity contribution in [3.8, 4) is 5.88 Å². The molecule has 0 saturated heterocycles. The predicted octanol–water partition coefficient (Wildman–Crippen LogP) is -6.35. The molecule has 9 heteroatoms. The van der Waals surface area contributed by atoms with Gasteiger partial charge in [0.25, 0.3) is 0 Å². The number of aryl methyl sites for hydroxylation is 1. The van der Waals surface area contributed by atoms with Gasteiger partial charge in [0, 0.05) is 0 Å². The Balaban J connectivity index is 0.00000182. The van der Waals surface area contributed by atoms with Crippen LogP contribution in [0.4, 0.5) is 0 Å². The molecule has 1 heterocycles. The molecule has 0 saturated carbocycles. The summed E-state index contributed by atoms with van der Waals surface area (Å²) in [5, 5.41) is 26.6. The minimum atomic E-state index is -2.23. The maximum Gasteiger partial charge on any atom is 1.00 e. The van der Waals surface area contributed by atoms with E-state index in [1.165, 1.54) is 0 Å². The summed E-state index contributed by atoms with van der Waals surface area (Å²) >= 11 is 0. The maximum atomic E-state index is 10.9. The third-order valence-electron chi connectivity index (χ3n) is 3.73. The van der Waals surface area contributed by atoms with Crippen LogP contribution in [0, 0.1) is 6.92 Å². The van der Waals surface area contributed by atoms with Gasteiger partial charge in [-0.15, -0.1) is 5.10 Å². The molecule has 0 radical (unpaired) electrons. The predicted molar refractivity (Wildman–Crippen MR) is 84.4 cm³/mol. The van der Waals surface area contributed by atoms with Gasteiger partial charge in [0.1, 0.15) is 0 Å². The molecule has 1 aromatic heterocycles. The SMILES string of the molecule is Cc1ccc(Cn2nc(OC(C(=O)[O-])C(=O)[O-])c3ccccc32)cc1.[Na+].[Na+]. The quantitative estimate of drug-likeness (QED) is 0.309. The molecule has 128 valence electrons. The topological polar surface area (TPSA) is 107 Å². The van der Waals surface area contributed by atoms with Crippen LogP contribution >= 0.6 is 0 Å². The van der Waals surface area contributed by atoms with Crippen LogP contribution in [0.5, 0.6) is 5.88 Å². The molecule has 0 atom stereocenters. The summed E-state index contributed by atoms with van der Waals surface area (Å²) in [7, 11) is 0. The van der Waals surface area contributed by atoms with Crippen LogP contribution in [-0.2, 0) is 16.1 Å². The summed E-state index contributed by atoms with van der Waals surface area (Å²) in [6.07, 6.45) is -2.23. The smallest absolute Gasteiger partial charge is 0.546 e. The van der Waals surface area contributed by atoms with Gasteiger partial charge < -0.3 is 24.5 Å². The van der Waals surface area contributed by atoms with Crippen LogP contribution in [0.25, 0.3) is 10.9 Å². The molecule has 0 amide bonds. The van der Waals surface area contributed by atoms with Gasteiger partial charge in [0.2, 0.25) is 5.88 Å². The summed E-state index contributed by atoms with van der Waals surface area (Å²) in [5.41, 5.74) is 2.80. The van der Waals surface area contributed by atoms with E-state index in [9.17, 15) is 19.8 Å². The second-order valence-electron chi connectivity index (χ2n) is 5.60. The molecule has 0 N–H and O–H groups in total. The number of rotatable bonds is 6. The van der Waals surface area contributed by atoms with Crippen LogP contribution < -0.4 is 74.1 Å². The zero-order valence-electron chi connectivity index (χ0n) is 15.3. The van der Waals surface area contributed by atoms with Gasteiger partial charge in [0.05, 0.1) is 29.4 Å². The molecule has 0 bridgehead atoms. The number of nitrogens with zero attached hydrogens (tertiary/aromatic N) is 2. The summed E-state index contributed by atoms with van der Waals surface area (Å²) < 4.78 is 6.65. The average Bonchev–Trinajstić information content (AvgIpc) is 2.92. The van der Waals surface area contributed by atoms with Gasteiger partial charge in [-0.2, -0.15) is 0 Å². The first-order chi connectivity index (χ1) is 12.0. The Morgan fingerprint density at radius 3 is 2.22 bits per heavy atom. The Morgan fingerprint density at radius 2 is 1.63 bits per heavy atom. The van der Waals surface area contributed by atoms with Crippen LogP contribution in [0.2, 0.25) is 0 Å². The second kappa shape index (κ2) is 10.3. The number of carboxylic acid groups (broad SMARTS) is 2. The standard InChI is InChI=1S/C18H16N2O5.2Na/c1-11-6-8-12(9-7-11)10-20-14-5-3-2-4-13(14)16(19-20)25-15(17(21)22)18(23)24;;/h2-9,15H,10H2,1H3,(H,21,22)(H,23,24);;/q;2*+1/p-2. The Morgan fingerprint density at radius 1 is 1.04 bits per heavy atom. The van der Waals surface area contributed by atoms with E-state index in [0.717, 1.165) is 11.1 Å². The molecule has 3 aromatic rings. The minimum Gasteiger partial charge on any atom is -0.546 e. The van der Waals surface area contributed by atoms with Crippen molar-refractivity contribution in [1.29, 1.82) is 0 Å². The number of hydrogen-bond donors (Lipinski definition) is 0. The fraction of sp³-hybridized carbons (Fsp3) is 0.167. The summed E-state index contributed by atoms with van der Waals surface area (Å²) in [5.74, 6) is -3.88. The number of ether oxygens (including phenoxy) is 1. The first-order valence-corrected chi connectivity index (χ1v) is 7.55. The minimum absolute atomic E-state index is 0. The molecule has 7 nitrogen and oxygen atoms in total. The van der Waals surface area contributed by atoms with Gasteiger partial charge in [-0.3, -0.25) is 4.68 Å². The Hall–Kier alpha value is -1.35. The monoisotopic (exact) mass is 384 g/mol. The van der Waals surface area contributed by atoms with Gasteiger partial charge in [0.15, 0.2) is 6.10 Å². The molecule has 0 aliphatic rings. The number of carboxylic acids is 2. The van der Waals surface area contributed by atoms with Crippen LogP contribution in [-0.4, -0.2) is 27.8 Å². The van der Waals surface area contributed by atoms with E-state index in [1.54, 1.807) is 28.9 Å². The number of benzene rings is 2. The van der Waals surface area contributed by atoms with Gasteiger partial charge >= 0.3 is 59.1 Å². The van der Waals surface area contributed by atoms with Crippen molar-refractivity contribution in [2.45, 2.75) is 19.6 Å². The first-order valence-electron chi connectivity index (χ1n) is 7.55. The van der Waals surface area contributed by atoms with Crippen molar-refractivity contribution < 1.29 is 83.7 Å². The van der Waals surface area contributed by atoms with E-state index >= 15 is 0 Å². The molecule has 0 spiro atoms. The van der Waals surface area contributed by atoms with Gasteiger partial charge in [-0.25, -0.2) is 0 Å². The number of aromatic nitrogens is 2. The second-order valence-corrected chi connectivity index (χ2v) is 5.60. The molecule has 0 aliphatic heterocycles. The number of fused-ring (bicyclic) bond motifs is 1. The number of para-hydroxylation sites is 1. The van der Waals surface area contributed by atoms with Crippen molar-refractivity contribution >= 4 is 22.8 Å². The van der Waals surface area contributed by atoms with Crippen LogP contribution in [0.1, 0.15) is 11.1 Å². The normalized spacial score (nSPS) is 10.1. The summed E-state index contributed by atoms with van der Waals surface area (Å²) in [6, 6.07) is 14.8. The average molecular weight is 384 g/mol. The van der Waals surface area contributed by atoms with E-state index in [0.29, 0.717) is 17.4 Å². The Labute approximate surface area is 199 Å². The fourth-order valence-electron chi connectivity index (χ4n) is 2.48. The Kier molecular flexibility index (Phi) is 9.01. The zero-order valence-corrected chi connectivity index (χ0v) is 19.3. The summed E-state index contributed by atoms with van der Waals surface area (Å²) in [6.45, 7) is 2.41. The third kappa shape index (κ3) is 5.57. The molecule has 0 fully saturated rings. The largest absolute Gasteiger partial charge is 1.00 e. The molecule has 0 unspecified atom stereocenters. The first kappa shape index (κ1) is 23.7. The number of carbonyl (C=O) groups excluding carboxylic acids is 2. The summed E-state index contributed by atoms with van der Waals surface area (Å²) in [4.78, 5) is 21.8.